The summed E-state index contributed by atoms with van der Waals surface area (Å²) in [4.78, 5) is 0. The fourth-order valence-corrected chi connectivity index (χ4v) is 7.78. The van der Waals surface area contributed by atoms with Crippen LogP contribution in [0.1, 0.15) is 24.0 Å². The van der Waals surface area contributed by atoms with E-state index in [2.05, 4.69) is 0 Å². The van der Waals surface area contributed by atoms with E-state index in [4.69, 9.17) is 0 Å². The van der Waals surface area contributed by atoms with E-state index < -0.39 is 41.4 Å². The second kappa shape index (κ2) is 7.79. The summed E-state index contributed by atoms with van der Waals surface area (Å²) in [6.07, 6.45) is 2.32. The van der Waals surface area contributed by atoms with Gasteiger partial charge in [-0.25, -0.2) is 0 Å². The first-order chi connectivity index (χ1) is 11.7. The molecule has 26 heavy (non-hydrogen) atoms. The van der Waals surface area contributed by atoms with E-state index in [1.165, 1.54) is 0 Å². The number of halogens is 7. The van der Waals surface area contributed by atoms with Crippen molar-refractivity contribution in [3.63, 3.8) is 0 Å². The fourth-order valence-electron chi connectivity index (χ4n) is 2.99. The van der Waals surface area contributed by atoms with Crippen molar-refractivity contribution in [2.45, 2.75) is 25.2 Å². The molecule has 0 atom stereocenters. The van der Waals surface area contributed by atoms with Crippen LogP contribution in [-0.2, 0) is 30.2 Å². The van der Waals surface area contributed by atoms with Crippen LogP contribution in [0.5, 0.6) is 0 Å². The summed E-state index contributed by atoms with van der Waals surface area (Å²) in [6, 6.07) is 1.82. The molecule has 0 N–H and O–H groups in total. The second-order valence-corrected chi connectivity index (χ2v) is 9.80. The van der Waals surface area contributed by atoms with Gasteiger partial charge in [0.1, 0.15) is 0 Å². The Labute approximate surface area is 159 Å². The zero-order valence-electron chi connectivity index (χ0n) is 13.3. The van der Waals surface area contributed by atoms with E-state index in [9.17, 15) is 26.3 Å². The molecule has 2 aliphatic rings. The van der Waals surface area contributed by atoms with Crippen molar-refractivity contribution in [1.29, 1.82) is 0 Å². The number of hydrogen-bond acceptors (Lipinski definition) is 0. The number of alkyl halides is 6. The Balaban J connectivity index is 0.00000243. The first kappa shape index (κ1) is 21.1. The van der Waals surface area contributed by atoms with Gasteiger partial charge in [-0.05, 0) is 0 Å². The second-order valence-electron chi connectivity index (χ2n) is 5.78. The summed E-state index contributed by atoms with van der Waals surface area (Å²) < 4.78 is 81.2. The van der Waals surface area contributed by atoms with Crippen LogP contribution in [0.2, 0.25) is 0 Å². The van der Waals surface area contributed by atoms with Crippen LogP contribution in [0.3, 0.4) is 0 Å². The number of rotatable bonds is 3. The topological polar surface area (TPSA) is 0 Å². The van der Waals surface area contributed by atoms with Crippen molar-refractivity contribution in [2.75, 3.05) is 0 Å². The van der Waals surface area contributed by atoms with E-state index in [1.54, 1.807) is 24.3 Å². The molecule has 0 nitrogen and oxygen atoms in total. The van der Waals surface area contributed by atoms with E-state index in [0.717, 1.165) is 13.8 Å². The summed E-state index contributed by atoms with van der Waals surface area (Å²) in [5.74, 6) is 0. The molecule has 0 saturated heterocycles. The number of benzene rings is 1. The zero-order valence-corrected chi connectivity index (χ0v) is 15.7. The molecular formula is C18H14ClF6Ti. The summed E-state index contributed by atoms with van der Waals surface area (Å²) in [7, 11) is 0. The van der Waals surface area contributed by atoms with Crippen molar-refractivity contribution in [2.24, 2.45) is 0 Å². The Morgan fingerprint density at radius 3 is 1.69 bits per heavy atom. The molecule has 1 aromatic carbocycles. The first-order valence-electron chi connectivity index (χ1n) is 7.56. The van der Waals surface area contributed by atoms with E-state index in [1.807, 2.05) is 12.2 Å². The molecule has 2 aliphatic carbocycles. The van der Waals surface area contributed by atoms with Gasteiger partial charge in [-0.2, -0.15) is 0 Å². The third-order valence-electron chi connectivity index (χ3n) is 4.11. The van der Waals surface area contributed by atoms with Gasteiger partial charge >= 0.3 is 147 Å². The van der Waals surface area contributed by atoms with Crippen LogP contribution < -0.4 is 3.87 Å². The van der Waals surface area contributed by atoms with Gasteiger partial charge in [-0.3, -0.25) is 0 Å². The van der Waals surface area contributed by atoms with Gasteiger partial charge in [0.15, 0.2) is 0 Å². The SMILES string of the molecule is Cl.FC(F)(F)c1ccc(C(F)(F)F)[c]([Ti]([C]2=CC=CC2)[C]2=CC=CC2)c1. The van der Waals surface area contributed by atoms with Crippen molar-refractivity contribution >= 4 is 16.3 Å². The molecule has 0 aromatic heterocycles. The maximum atomic E-state index is 13.5. The quantitative estimate of drug-likeness (QED) is 0.405. The third kappa shape index (κ3) is 4.35. The van der Waals surface area contributed by atoms with Gasteiger partial charge in [0, 0.05) is 0 Å². The third-order valence-corrected chi connectivity index (χ3v) is 8.76. The van der Waals surface area contributed by atoms with Gasteiger partial charge in [-0.1, -0.05) is 0 Å². The predicted octanol–water partition coefficient (Wildman–Crippen LogP) is 6.08. The monoisotopic (exact) mass is 427 g/mol. The number of allylic oxidation sites excluding steroid dienone is 8. The van der Waals surface area contributed by atoms with Crippen LogP contribution in [0, 0.1) is 0 Å². The van der Waals surface area contributed by atoms with Crippen LogP contribution in [-0.4, -0.2) is 0 Å². The Kier molecular flexibility index (Phi) is 6.31. The summed E-state index contributed by atoms with van der Waals surface area (Å²) in [5, 5.41) is 0. The van der Waals surface area contributed by atoms with Crippen molar-refractivity contribution in [3.8, 4) is 0 Å². The average Bonchev–Trinajstić information content (AvgIpc) is 3.19. The molecule has 1 aromatic rings. The minimum absolute atomic E-state index is 0. The van der Waals surface area contributed by atoms with Crippen LogP contribution in [0.25, 0.3) is 0 Å². The van der Waals surface area contributed by atoms with Gasteiger partial charge in [-0.15, -0.1) is 12.4 Å². The molecule has 0 bridgehead atoms. The van der Waals surface area contributed by atoms with Crippen LogP contribution >= 0.6 is 12.4 Å². The average molecular weight is 428 g/mol. The minimum atomic E-state index is -4.68. The molecule has 0 amide bonds. The molecule has 0 unspecified atom stereocenters. The maximum absolute atomic E-state index is 13.5. The van der Waals surface area contributed by atoms with E-state index in [-0.39, 0.29) is 16.3 Å². The molecule has 0 spiro atoms. The van der Waals surface area contributed by atoms with Gasteiger partial charge in [0.25, 0.3) is 0 Å². The predicted molar refractivity (Wildman–Crippen MR) is 87.0 cm³/mol. The summed E-state index contributed by atoms with van der Waals surface area (Å²) >= 11 is -2.91. The zero-order chi connectivity index (χ0) is 18.2. The van der Waals surface area contributed by atoms with Crippen LogP contribution in [0.15, 0.2) is 62.4 Å². The number of hydrogen-bond donors (Lipinski definition) is 0. The Bertz CT molecular complexity index is 769. The molecular weight excluding hydrogens is 414 g/mol. The molecule has 0 saturated carbocycles. The van der Waals surface area contributed by atoms with Gasteiger partial charge < -0.3 is 0 Å². The molecule has 3 rings (SSSR count). The van der Waals surface area contributed by atoms with Crippen molar-refractivity contribution in [3.05, 3.63) is 73.5 Å². The molecule has 0 heterocycles. The summed E-state index contributed by atoms with van der Waals surface area (Å²) in [6.45, 7) is 0. The van der Waals surface area contributed by atoms with E-state index >= 15 is 0 Å². The van der Waals surface area contributed by atoms with Gasteiger partial charge in [0.05, 0.1) is 0 Å². The summed E-state index contributed by atoms with van der Waals surface area (Å²) in [5.41, 5.74) is -1.98. The van der Waals surface area contributed by atoms with E-state index in [0.29, 0.717) is 25.0 Å². The molecule has 0 fully saturated rings. The first-order valence-corrected chi connectivity index (χ1v) is 9.90. The molecule has 8 heteroatoms. The fraction of sp³-hybridized carbons (Fsp3) is 0.222. The molecule has 0 radical (unpaired) electrons. The molecule has 139 valence electrons. The standard InChI is InChI=1S/C8H3F6.2C5H5.ClH.Ti/c9-7(10,11)5-1-2-6(4-3-5)8(12,13)14;2*1-2-4-5-3-1;;/h1-3H;2*1-3H,4H2;1H;. The Morgan fingerprint density at radius 1 is 0.769 bits per heavy atom. The Hall–Kier alpha value is -1.24. The van der Waals surface area contributed by atoms with Gasteiger partial charge in [0.2, 0.25) is 0 Å². The van der Waals surface area contributed by atoms with Crippen molar-refractivity contribution < 1.29 is 44.2 Å². The Morgan fingerprint density at radius 2 is 1.31 bits per heavy atom. The van der Waals surface area contributed by atoms with Crippen molar-refractivity contribution in [1.82, 2.24) is 0 Å². The normalized spacial score (nSPS) is 16.4. The van der Waals surface area contributed by atoms with Crippen LogP contribution in [0.4, 0.5) is 26.3 Å². The molecule has 0 aliphatic heterocycles.